The van der Waals surface area contributed by atoms with Gasteiger partial charge < -0.3 is 24.2 Å². The Morgan fingerprint density at radius 3 is 2.53 bits per heavy atom. The van der Waals surface area contributed by atoms with Gasteiger partial charge in [0.2, 0.25) is 11.8 Å². The number of benzene rings is 1. The van der Waals surface area contributed by atoms with Gasteiger partial charge in [-0.05, 0) is 30.0 Å². The number of nitrogens with zero attached hydrogens (tertiary/aromatic N) is 4. The van der Waals surface area contributed by atoms with Gasteiger partial charge in [-0.1, -0.05) is 23.9 Å². The van der Waals surface area contributed by atoms with E-state index in [-0.39, 0.29) is 37.0 Å². The summed E-state index contributed by atoms with van der Waals surface area (Å²) < 4.78 is 24.7. The van der Waals surface area contributed by atoms with Crippen molar-refractivity contribution in [2.75, 3.05) is 46.5 Å². The van der Waals surface area contributed by atoms with Crippen LogP contribution in [0.1, 0.15) is 31.9 Å². The predicted molar refractivity (Wildman–Crippen MR) is 133 cm³/mol. The molecule has 0 N–H and O–H groups in total. The molecule has 3 aliphatic heterocycles. The fourth-order valence-electron chi connectivity index (χ4n) is 4.46. The van der Waals surface area contributed by atoms with E-state index in [4.69, 9.17) is 9.47 Å². The maximum absolute atomic E-state index is 14.3. The van der Waals surface area contributed by atoms with E-state index in [0.29, 0.717) is 48.3 Å². The number of piperazine rings is 1. The fraction of sp³-hybridized carbons (Fsp3) is 0.440. The van der Waals surface area contributed by atoms with Crippen molar-refractivity contribution in [2.24, 2.45) is 4.99 Å². The second-order valence-corrected chi connectivity index (χ2v) is 9.48. The van der Waals surface area contributed by atoms with Crippen molar-refractivity contribution in [3.8, 4) is 0 Å². The highest BCUT2D eigenvalue weighted by Gasteiger charge is 2.41. The summed E-state index contributed by atoms with van der Waals surface area (Å²) in [6.45, 7) is 5.48. The average molecular weight is 517 g/mol. The van der Waals surface area contributed by atoms with Gasteiger partial charge in [0.05, 0.1) is 30.3 Å². The van der Waals surface area contributed by atoms with Crippen LogP contribution in [0.3, 0.4) is 0 Å². The number of esters is 1. The summed E-state index contributed by atoms with van der Waals surface area (Å²) in [6, 6.07) is 5.36. The van der Waals surface area contributed by atoms with E-state index in [1.165, 1.54) is 37.9 Å². The lowest BCUT2D eigenvalue weighted by Crippen LogP contribution is -2.50. The summed E-state index contributed by atoms with van der Waals surface area (Å²) in [7, 11) is 1.51. The molecule has 36 heavy (non-hydrogen) atoms. The Bertz CT molecular complexity index is 1140. The lowest BCUT2D eigenvalue weighted by atomic mass is 9.93. The van der Waals surface area contributed by atoms with Crippen LogP contribution in [0.4, 0.5) is 4.39 Å². The molecule has 192 valence electrons. The van der Waals surface area contributed by atoms with Gasteiger partial charge in [-0.2, -0.15) is 0 Å². The number of amidine groups is 1. The topological polar surface area (TPSA) is 91.7 Å². The third-order valence-corrected chi connectivity index (χ3v) is 7.20. The van der Waals surface area contributed by atoms with E-state index in [1.54, 1.807) is 28.9 Å². The van der Waals surface area contributed by atoms with Crippen molar-refractivity contribution in [3.63, 3.8) is 0 Å². The molecule has 0 bridgehead atoms. The normalized spacial score (nSPS) is 19.7. The minimum Gasteiger partial charge on any atom is -0.460 e. The van der Waals surface area contributed by atoms with E-state index < -0.39 is 17.8 Å². The highest BCUT2D eigenvalue weighted by atomic mass is 32.2. The number of hydrogen-bond acceptors (Lipinski definition) is 8. The predicted octanol–water partition coefficient (Wildman–Crippen LogP) is 2.67. The molecule has 1 aromatic rings. The largest absolute Gasteiger partial charge is 0.460 e. The molecule has 2 amide bonds. The number of carbonyl (C=O) groups is 3. The minimum atomic E-state index is -0.702. The van der Waals surface area contributed by atoms with E-state index in [1.807, 2.05) is 10.3 Å². The second-order valence-electron chi connectivity index (χ2n) is 8.64. The Morgan fingerprint density at radius 2 is 1.86 bits per heavy atom. The number of aliphatic imine (C=N–C) groups is 1. The number of rotatable bonds is 7. The first-order chi connectivity index (χ1) is 17.3. The molecule has 1 aromatic carbocycles. The van der Waals surface area contributed by atoms with Crippen LogP contribution >= 0.6 is 11.8 Å². The van der Waals surface area contributed by atoms with E-state index in [9.17, 15) is 18.8 Å². The highest BCUT2D eigenvalue weighted by molar-refractivity contribution is 8.16. The Balaban J connectivity index is 1.60. The fourth-order valence-corrected chi connectivity index (χ4v) is 5.42. The van der Waals surface area contributed by atoms with Gasteiger partial charge in [0.25, 0.3) is 0 Å². The number of fused-ring (bicyclic) bond motifs is 1. The molecule has 0 saturated carbocycles. The van der Waals surface area contributed by atoms with Crippen LogP contribution in [0.2, 0.25) is 0 Å². The molecule has 1 unspecified atom stereocenters. The number of carbonyl (C=O) groups excluding carboxylic acids is 3. The Morgan fingerprint density at radius 1 is 1.14 bits per heavy atom. The van der Waals surface area contributed by atoms with Crippen molar-refractivity contribution in [2.45, 2.75) is 26.3 Å². The number of ether oxygens (including phenoxy) is 2. The standard InChI is InChI=1S/C25H29FN4O5S/c1-16-22(24(33)35-12-11-34-3)23(18-5-4-6-19(26)13-18)30-20(15-36-25(30)27-16)14-21(32)29-9-7-28(8-10-29)17(2)31/h4-6,13,15,23H,7-12,14H2,1-3H3. The molecule has 11 heteroatoms. The number of amides is 2. The molecule has 4 rings (SSSR count). The quantitative estimate of drug-likeness (QED) is 0.407. The van der Waals surface area contributed by atoms with E-state index in [0.717, 1.165) is 0 Å². The first kappa shape index (κ1) is 25.9. The number of allylic oxidation sites excluding steroid dienone is 1. The van der Waals surface area contributed by atoms with Crippen LogP contribution in [0.15, 0.2) is 51.6 Å². The number of halogens is 1. The molecule has 0 spiro atoms. The zero-order chi connectivity index (χ0) is 25.8. The zero-order valence-corrected chi connectivity index (χ0v) is 21.3. The van der Waals surface area contributed by atoms with Crippen molar-refractivity contribution in [3.05, 3.63) is 58.0 Å². The van der Waals surface area contributed by atoms with Gasteiger partial charge >= 0.3 is 5.97 Å². The van der Waals surface area contributed by atoms with Crippen LogP contribution in [-0.4, -0.2) is 84.2 Å². The number of hydrogen-bond donors (Lipinski definition) is 0. The summed E-state index contributed by atoms with van der Waals surface area (Å²) in [5.41, 5.74) is 1.99. The number of methoxy groups -OCH3 is 1. The van der Waals surface area contributed by atoms with Gasteiger partial charge in [0, 0.05) is 45.9 Å². The van der Waals surface area contributed by atoms with Crippen molar-refractivity contribution >= 4 is 34.7 Å². The Kier molecular flexibility index (Phi) is 8.10. The highest BCUT2D eigenvalue weighted by Crippen LogP contribution is 2.45. The smallest absolute Gasteiger partial charge is 0.338 e. The van der Waals surface area contributed by atoms with Gasteiger partial charge in [0.1, 0.15) is 12.4 Å². The molecule has 1 fully saturated rings. The van der Waals surface area contributed by atoms with Crippen LogP contribution in [0, 0.1) is 5.82 Å². The molecule has 3 heterocycles. The maximum atomic E-state index is 14.3. The average Bonchev–Trinajstić information content (AvgIpc) is 3.25. The van der Waals surface area contributed by atoms with Crippen molar-refractivity contribution in [1.82, 2.24) is 14.7 Å². The molecule has 0 radical (unpaired) electrons. The molecular formula is C25H29FN4O5S. The molecular weight excluding hydrogens is 487 g/mol. The van der Waals surface area contributed by atoms with Gasteiger partial charge in [-0.3, -0.25) is 9.59 Å². The summed E-state index contributed by atoms with van der Waals surface area (Å²) >= 11 is 1.36. The molecule has 0 aliphatic carbocycles. The first-order valence-electron chi connectivity index (χ1n) is 11.7. The molecule has 0 aromatic heterocycles. The van der Waals surface area contributed by atoms with Crippen molar-refractivity contribution < 1.29 is 28.2 Å². The van der Waals surface area contributed by atoms with Gasteiger partial charge in [0.15, 0.2) is 5.17 Å². The molecule has 9 nitrogen and oxygen atoms in total. The summed E-state index contributed by atoms with van der Waals surface area (Å²) in [6.07, 6.45) is 0.0863. The van der Waals surface area contributed by atoms with Crippen LogP contribution < -0.4 is 0 Å². The Hall–Kier alpha value is -3.18. The zero-order valence-electron chi connectivity index (χ0n) is 20.5. The lowest BCUT2D eigenvalue weighted by molar-refractivity contribution is -0.141. The summed E-state index contributed by atoms with van der Waals surface area (Å²) in [5.74, 6) is -1.08. The van der Waals surface area contributed by atoms with Crippen LogP contribution in [0.25, 0.3) is 0 Å². The SMILES string of the molecule is COCCOC(=O)C1=C(C)N=C2SC=C(CC(=O)N3CCN(C(C)=O)CC3)N2C1c1cccc(F)c1. The second kappa shape index (κ2) is 11.3. The summed E-state index contributed by atoms with van der Waals surface area (Å²) in [4.78, 5) is 47.8. The van der Waals surface area contributed by atoms with Crippen LogP contribution in [0.5, 0.6) is 0 Å². The van der Waals surface area contributed by atoms with Crippen molar-refractivity contribution in [1.29, 1.82) is 0 Å². The summed E-state index contributed by atoms with van der Waals surface area (Å²) in [5, 5.41) is 2.46. The van der Waals surface area contributed by atoms with E-state index in [2.05, 4.69) is 4.99 Å². The molecule has 3 aliphatic rings. The van der Waals surface area contributed by atoms with Gasteiger partial charge in [-0.15, -0.1) is 0 Å². The third kappa shape index (κ3) is 5.46. The molecule has 1 atom stereocenters. The number of thioether (sulfide) groups is 1. The first-order valence-corrected chi connectivity index (χ1v) is 12.6. The molecule has 1 saturated heterocycles. The van der Waals surface area contributed by atoms with E-state index >= 15 is 0 Å². The monoisotopic (exact) mass is 516 g/mol. The third-order valence-electron chi connectivity index (χ3n) is 6.32. The maximum Gasteiger partial charge on any atom is 0.338 e. The van der Waals surface area contributed by atoms with Crippen LogP contribution in [-0.2, 0) is 23.9 Å². The Labute approximate surface area is 213 Å². The van der Waals surface area contributed by atoms with Gasteiger partial charge in [-0.25, -0.2) is 14.2 Å². The minimum absolute atomic E-state index is 0.00354. The lowest BCUT2D eigenvalue weighted by Gasteiger charge is -2.37.